The zero-order chi connectivity index (χ0) is 27.8. The molecule has 12 nitrogen and oxygen atoms in total. The summed E-state index contributed by atoms with van der Waals surface area (Å²) in [6.07, 6.45) is 3.55. The number of oxime groups is 1. The lowest BCUT2D eigenvalue weighted by atomic mass is 10.0. The number of thiazole rings is 1. The van der Waals surface area contributed by atoms with Gasteiger partial charge in [-0.2, -0.15) is 9.36 Å². The largest absolute Gasteiger partial charge is 0.392 e. The molecule has 1 saturated heterocycles. The maximum atomic E-state index is 13.2. The molecular weight excluding hydrogens is 581 g/mol. The highest BCUT2D eigenvalue weighted by Gasteiger charge is 2.54. The number of aryl methyl sites for hydroxylation is 1. The van der Waals surface area contributed by atoms with E-state index in [0.717, 1.165) is 22.8 Å². The van der Waals surface area contributed by atoms with Crippen molar-refractivity contribution in [1.29, 1.82) is 0 Å². The number of anilines is 1. The maximum absolute atomic E-state index is 13.2. The second-order valence-electron chi connectivity index (χ2n) is 8.83. The third-order valence-corrected chi connectivity index (χ3v) is 8.65. The molecule has 0 aliphatic carbocycles. The highest BCUT2D eigenvalue weighted by atomic mass is 32.2. The number of aromatic nitrogens is 4. The van der Waals surface area contributed by atoms with E-state index in [0.29, 0.717) is 16.3 Å². The maximum Gasteiger partial charge on any atom is 0.278 e. The van der Waals surface area contributed by atoms with Gasteiger partial charge in [-0.3, -0.25) is 19.3 Å². The highest BCUT2D eigenvalue weighted by Crippen LogP contribution is 2.44. The smallest absolute Gasteiger partial charge is 0.278 e. The summed E-state index contributed by atoms with van der Waals surface area (Å²) >= 11 is 7.78. The third-order valence-electron chi connectivity index (χ3n) is 5.72. The fourth-order valence-corrected chi connectivity index (χ4v) is 6.87. The van der Waals surface area contributed by atoms with E-state index in [1.54, 1.807) is 13.8 Å². The van der Waals surface area contributed by atoms with Crippen LogP contribution in [0.25, 0.3) is 16.8 Å². The van der Waals surface area contributed by atoms with Gasteiger partial charge in [0, 0.05) is 45.9 Å². The number of hydrogen-bond donors (Lipinski definition) is 3. The van der Waals surface area contributed by atoms with Crippen LogP contribution >= 0.6 is 47.3 Å². The molecule has 0 aromatic carbocycles. The Morgan fingerprint density at radius 2 is 2.05 bits per heavy atom. The average Bonchev–Trinajstić information content (AvgIpc) is 3.56. The lowest BCUT2D eigenvalue weighted by Gasteiger charge is -2.49. The molecule has 0 bridgehead atoms. The Bertz CT molecular complexity index is 1510. The van der Waals surface area contributed by atoms with Gasteiger partial charge in [0.25, 0.3) is 11.8 Å². The summed E-state index contributed by atoms with van der Waals surface area (Å²) in [5, 5.41) is 8.22. The van der Waals surface area contributed by atoms with Crippen LogP contribution in [0.5, 0.6) is 0 Å². The van der Waals surface area contributed by atoms with Crippen molar-refractivity contribution in [3.63, 3.8) is 0 Å². The van der Waals surface area contributed by atoms with Gasteiger partial charge in [0.2, 0.25) is 16.7 Å². The number of nitrogens with one attached hydrogen (secondary N) is 1. The van der Waals surface area contributed by atoms with Gasteiger partial charge in [-0.15, -0.1) is 23.1 Å². The Hall–Kier alpha value is -3.34. The number of thiol groups is 1. The molecule has 3 N–H and O–H groups in total. The van der Waals surface area contributed by atoms with Gasteiger partial charge >= 0.3 is 0 Å². The first-order valence-electron chi connectivity index (χ1n) is 11.6. The molecule has 0 radical (unpaired) electrons. The van der Waals surface area contributed by atoms with E-state index >= 15 is 0 Å². The molecule has 2 atom stereocenters. The van der Waals surface area contributed by atoms with Crippen LogP contribution in [-0.4, -0.2) is 65.2 Å². The number of pyridine rings is 1. The van der Waals surface area contributed by atoms with Crippen molar-refractivity contribution in [2.24, 2.45) is 12.2 Å². The quantitative estimate of drug-likeness (QED) is 0.114. The van der Waals surface area contributed by atoms with E-state index in [1.807, 2.05) is 41.5 Å². The van der Waals surface area contributed by atoms with Crippen LogP contribution in [0.2, 0.25) is 0 Å². The van der Waals surface area contributed by atoms with Gasteiger partial charge in [-0.1, -0.05) is 17.8 Å². The zero-order valence-corrected chi connectivity index (χ0v) is 24.2. The summed E-state index contributed by atoms with van der Waals surface area (Å²) in [6.45, 7) is 3.50. The lowest BCUT2D eigenvalue weighted by molar-refractivity contribution is -0.671. The van der Waals surface area contributed by atoms with Crippen molar-refractivity contribution >= 4 is 80.6 Å². The second-order valence-corrected chi connectivity index (χ2v) is 12.0. The molecular formula is C23H23N8O4S4+. The third kappa shape index (κ3) is 5.41. The number of rotatable bonds is 8. The van der Waals surface area contributed by atoms with Crippen LogP contribution in [0.4, 0.5) is 5.13 Å². The first-order valence-corrected chi connectivity index (χ1v) is 14.8. The predicted octanol–water partition coefficient (Wildman–Crippen LogP) is 1.46. The molecule has 16 heteroatoms. The highest BCUT2D eigenvalue weighted by molar-refractivity contribution is 8.00. The number of thioether (sulfide) groups is 1. The average molecular weight is 604 g/mol. The standard InChI is InChI=1S/C23H22N8O4S4/c1-10(2)35-28-14(17-27-23(24)39-29-17)18(32)26-15-20(33)31-16(22(34)36)12(8-38-21(15)31)19-25-13(9-37-19)11-4-6-30(3)7-5-11/h4-7,9-10,15,21H,8H2,1-3H3,(H3-,24,26,27,29,32,34,36)/p+1/b28-14-/t15-,21-/m1/s1. The van der Waals surface area contributed by atoms with Gasteiger partial charge in [0.1, 0.15) is 35.3 Å². The molecule has 39 heavy (non-hydrogen) atoms. The summed E-state index contributed by atoms with van der Waals surface area (Å²) < 4.78 is 5.96. The van der Waals surface area contributed by atoms with Crippen molar-refractivity contribution in [2.45, 2.75) is 31.4 Å². The fourth-order valence-electron chi connectivity index (χ4n) is 3.88. The molecule has 202 valence electrons. The van der Waals surface area contributed by atoms with Gasteiger partial charge < -0.3 is 15.9 Å². The Kier molecular flexibility index (Phi) is 7.70. The Labute approximate surface area is 240 Å². The number of nitrogens with zero attached hydrogens (tertiary/aromatic N) is 6. The SMILES string of the molecule is CC(C)O/N=C(\C(=O)N[C@@H]1C(=O)N2C(C(=O)S)=C(c3nc(-c4cc[n+](C)cc4)cs3)CS[C@H]12)c1nsc(N)n1. The van der Waals surface area contributed by atoms with Crippen LogP contribution < -0.4 is 15.6 Å². The summed E-state index contributed by atoms with van der Waals surface area (Å²) in [7, 11) is 1.93. The molecule has 2 aliphatic heterocycles. The minimum atomic E-state index is -0.899. The van der Waals surface area contributed by atoms with E-state index in [2.05, 4.69) is 32.5 Å². The zero-order valence-electron chi connectivity index (χ0n) is 20.9. The minimum absolute atomic E-state index is 0.00396. The fraction of sp³-hybridized carbons (Fsp3) is 0.304. The number of amides is 2. The van der Waals surface area contributed by atoms with Crippen LogP contribution in [0, 0.1) is 0 Å². The second kappa shape index (κ2) is 11.0. The summed E-state index contributed by atoms with van der Waals surface area (Å²) in [5.74, 6) is -0.740. The van der Waals surface area contributed by atoms with E-state index < -0.39 is 28.3 Å². The first-order chi connectivity index (χ1) is 18.6. The number of carbonyl (C=O) groups excluding carboxylic acids is 3. The number of nitrogen functional groups attached to an aromatic ring is 1. The van der Waals surface area contributed by atoms with Crippen molar-refractivity contribution < 1.29 is 23.8 Å². The first kappa shape index (κ1) is 27.2. The van der Waals surface area contributed by atoms with Crippen LogP contribution in [-0.2, 0) is 26.3 Å². The molecule has 2 aliphatic rings. The lowest BCUT2D eigenvalue weighted by Crippen LogP contribution is -2.70. The summed E-state index contributed by atoms with van der Waals surface area (Å²) in [5.41, 5.74) is 7.98. The van der Waals surface area contributed by atoms with E-state index in [9.17, 15) is 14.4 Å². The summed E-state index contributed by atoms with van der Waals surface area (Å²) in [4.78, 5) is 54.4. The monoisotopic (exact) mass is 603 g/mol. The normalized spacial score (nSPS) is 19.2. The number of β-lactam (4-membered cyclic amide) rings is 1. The minimum Gasteiger partial charge on any atom is -0.392 e. The van der Waals surface area contributed by atoms with Gasteiger partial charge in [0.15, 0.2) is 17.5 Å². The van der Waals surface area contributed by atoms with Crippen molar-refractivity contribution in [3.8, 4) is 11.3 Å². The molecule has 0 saturated carbocycles. The molecule has 5 heterocycles. The molecule has 3 aromatic heterocycles. The van der Waals surface area contributed by atoms with E-state index in [1.165, 1.54) is 28.0 Å². The van der Waals surface area contributed by atoms with Gasteiger partial charge in [-0.25, -0.2) is 9.55 Å². The van der Waals surface area contributed by atoms with Gasteiger partial charge in [-0.05, 0) is 13.8 Å². The molecule has 2 amide bonds. The number of fused-ring (bicyclic) bond motifs is 1. The Morgan fingerprint density at radius 3 is 2.69 bits per heavy atom. The number of hydrogen-bond acceptors (Lipinski definition) is 12. The Morgan fingerprint density at radius 1 is 1.31 bits per heavy atom. The van der Waals surface area contributed by atoms with E-state index in [-0.39, 0.29) is 28.5 Å². The van der Waals surface area contributed by atoms with Crippen molar-refractivity contribution in [1.82, 2.24) is 24.6 Å². The number of carbonyl (C=O) groups is 3. The topological polar surface area (TPSA) is 157 Å². The van der Waals surface area contributed by atoms with Crippen LogP contribution in [0.1, 0.15) is 24.7 Å². The summed E-state index contributed by atoms with van der Waals surface area (Å²) in [6, 6.07) is 3.01. The van der Waals surface area contributed by atoms with Gasteiger partial charge in [0.05, 0.1) is 5.69 Å². The molecule has 3 aromatic rings. The Balaban J connectivity index is 1.38. The molecule has 0 spiro atoms. The molecule has 1 fully saturated rings. The molecule has 5 rings (SSSR count). The molecule has 0 unspecified atom stereocenters. The number of nitrogens with two attached hydrogens (primary N) is 1. The predicted molar refractivity (Wildman–Crippen MR) is 152 cm³/mol. The van der Waals surface area contributed by atoms with E-state index in [4.69, 9.17) is 15.6 Å². The van der Waals surface area contributed by atoms with Crippen LogP contribution in [0.3, 0.4) is 0 Å². The van der Waals surface area contributed by atoms with Crippen molar-refractivity contribution in [3.05, 3.63) is 46.4 Å². The van der Waals surface area contributed by atoms with Crippen LogP contribution in [0.15, 0.2) is 40.8 Å². The van der Waals surface area contributed by atoms with Crippen molar-refractivity contribution in [2.75, 3.05) is 11.5 Å².